The van der Waals surface area contributed by atoms with Gasteiger partial charge in [-0.1, -0.05) is 29.8 Å². The fourth-order valence-corrected chi connectivity index (χ4v) is 4.45. The van der Waals surface area contributed by atoms with Crippen molar-refractivity contribution in [1.29, 1.82) is 0 Å². The highest BCUT2D eigenvalue weighted by atomic mass is 32.2. The van der Waals surface area contributed by atoms with Crippen LogP contribution in [0.3, 0.4) is 0 Å². The number of sulfonamides is 1. The molecule has 3 aromatic carbocycles. The molecule has 1 amide bonds. The molecule has 174 valence electrons. The Morgan fingerprint density at radius 3 is 2.36 bits per heavy atom. The second-order valence-electron chi connectivity index (χ2n) is 7.48. The standard InChI is InChI=1S/C25H28N2O5S/c1-5-32-24-9-7-6-8-22(24)26-25(28)19-12-15-23(31-4)20(16-19)17-27(3)33(29,30)21-13-10-18(2)11-14-21/h6-16H,5,17H2,1-4H3,(H,26,28). The van der Waals surface area contributed by atoms with E-state index in [0.717, 1.165) is 5.56 Å². The lowest BCUT2D eigenvalue weighted by Gasteiger charge is -2.19. The SMILES string of the molecule is CCOc1ccccc1NC(=O)c1ccc(OC)c(CN(C)S(=O)(=O)c2ccc(C)cc2)c1. The number of ether oxygens (including phenoxy) is 2. The predicted molar refractivity (Wildman–Crippen MR) is 128 cm³/mol. The van der Waals surface area contributed by atoms with Crippen LogP contribution in [-0.4, -0.2) is 39.4 Å². The third-order valence-electron chi connectivity index (χ3n) is 5.10. The minimum absolute atomic E-state index is 0.0377. The fourth-order valence-electron chi connectivity index (χ4n) is 3.30. The second kappa shape index (κ2) is 10.5. The summed E-state index contributed by atoms with van der Waals surface area (Å²) in [7, 11) is -0.707. The quantitative estimate of drug-likeness (QED) is 0.501. The average molecular weight is 469 g/mol. The van der Waals surface area contributed by atoms with Crippen molar-refractivity contribution in [2.45, 2.75) is 25.3 Å². The van der Waals surface area contributed by atoms with Crippen molar-refractivity contribution in [1.82, 2.24) is 4.31 Å². The third-order valence-corrected chi connectivity index (χ3v) is 6.92. The number of benzene rings is 3. The molecule has 3 aromatic rings. The summed E-state index contributed by atoms with van der Waals surface area (Å²) < 4.78 is 38.2. The van der Waals surface area contributed by atoms with Gasteiger partial charge in [0.25, 0.3) is 5.91 Å². The molecule has 0 spiro atoms. The number of nitrogens with zero attached hydrogens (tertiary/aromatic N) is 1. The lowest BCUT2D eigenvalue weighted by atomic mass is 10.1. The first-order valence-electron chi connectivity index (χ1n) is 10.5. The van der Waals surface area contributed by atoms with Crippen LogP contribution in [0.1, 0.15) is 28.4 Å². The molecule has 0 aliphatic carbocycles. The molecule has 8 heteroatoms. The molecule has 0 bridgehead atoms. The van der Waals surface area contributed by atoms with Gasteiger partial charge in [-0.05, 0) is 56.3 Å². The van der Waals surface area contributed by atoms with Crippen LogP contribution in [0.4, 0.5) is 5.69 Å². The molecule has 1 N–H and O–H groups in total. The van der Waals surface area contributed by atoms with E-state index in [0.29, 0.717) is 34.9 Å². The van der Waals surface area contributed by atoms with Gasteiger partial charge in [-0.25, -0.2) is 8.42 Å². The van der Waals surface area contributed by atoms with Gasteiger partial charge >= 0.3 is 0 Å². The number of anilines is 1. The van der Waals surface area contributed by atoms with Gasteiger partial charge < -0.3 is 14.8 Å². The Kier molecular flexibility index (Phi) is 7.73. The zero-order valence-electron chi connectivity index (χ0n) is 19.2. The summed E-state index contributed by atoms with van der Waals surface area (Å²) in [5, 5.41) is 2.85. The van der Waals surface area contributed by atoms with Crippen molar-refractivity contribution in [3.63, 3.8) is 0 Å². The van der Waals surface area contributed by atoms with Crippen LogP contribution in [0, 0.1) is 6.92 Å². The molecule has 0 fully saturated rings. The molecule has 0 aliphatic heterocycles. The third kappa shape index (κ3) is 5.71. The van der Waals surface area contributed by atoms with Crippen LogP contribution in [0.5, 0.6) is 11.5 Å². The van der Waals surface area contributed by atoms with Crippen molar-refractivity contribution < 1.29 is 22.7 Å². The Labute approximate surface area is 195 Å². The number of amides is 1. The minimum Gasteiger partial charge on any atom is -0.496 e. The molecule has 0 aromatic heterocycles. The Morgan fingerprint density at radius 2 is 1.70 bits per heavy atom. The summed E-state index contributed by atoms with van der Waals surface area (Å²) in [5.74, 6) is 0.730. The van der Waals surface area contributed by atoms with Crippen LogP contribution < -0.4 is 14.8 Å². The molecular weight excluding hydrogens is 440 g/mol. The first-order chi connectivity index (χ1) is 15.8. The van der Waals surface area contributed by atoms with E-state index in [1.807, 2.05) is 26.0 Å². The Balaban J connectivity index is 1.85. The number of para-hydroxylation sites is 2. The van der Waals surface area contributed by atoms with Gasteiger partial charge in [0, 0.05) is 24.7 Å². The van der Waals surface area contributed by atoms with Gasteiger partial charge in [0.2, 0.25) is 10.0 Å². The number of carbonyl (C=O) groups excluding carboxylic acids is 1. The number of rotatable bonds is 9. The van der Waals surface area contributed by atoms with E-state index in [9.17, 15) is 13.2 Å². The lowest BCUT2D eigenvalue weighted by molar-refractivity contribution is 0.102. The highest BCUT2D eigenvalue weighted by Gasteiger charge is 2.23. The summed E-state index contributed by atoms with van der Waals surface area (Å²) in [6.07, 6.45) is 0. The summed E-state index contributed by atoms with van der Waals surface area (Å²) in [6, 6.07) is 18.8. The predicted octanol–water partition coefficient (Wildman–Crippen LogP) is 4.48. The minimum atomic E-state index is -3.71. The largest absolute Gasteiger partial charge is 0.496 e. The van der Waals surface area contributed by atoms with E-state index in [2.05, 4.69) is 5.32 Å². The maximum Gasteiger partial charge on any atom is 0.255 e. The first-order valence-corrected chi connectivity index (χ1v) is 11.9. The highest BCUT2D eigenvalue weighted by molar-refractivity contribution is 7.89. The number of aryl methyl sites for hydroxylation is 1. The van der Waals surface area contributed by atoms with Gasteiger partial charge in [0.15, 0.2) is 0 Å². The van der Waals surface area contributed by atoms with Crippen LogP contribution in [-0.2, 0) is 16.6 Å². The van der Waals surface area contributed by atoms with Crippen molar-refractivity contribution in [3.05, 3.63) is 83.4 Å². The lowest BCUT2D eigenvalue weighted by Crippen LogP contribution is -2.27. The average Bonchev–Trinajstić information content (AvgIpc) is 2.80. The Bertz CT molecular complexity index is 1220. The van der Waals surface area contributed by atoms with E-state index in [4.69, 9.17) is 9.47 Å². The van der Waals surface area contributed by atoms with E-state index in [-0.39, 0.29) is 17.3 Å². The molecule has 0 heterocycles. The molecule has 0 aliphatic rings. The van der Waals surface area contributed by atoms with Crippen LogP contribution >= 0.6 is 0 Å². The highest BCUT2D eigenvalue weighted by Crippen LogP contribution is 2.27. The molecular formula is C25H28N2O5S. The molecule has 0 unspecified atom stereocenters. The van der Waals surface area contributed by atoms with E-state index in [1.165, 1.54) is 18.5 Å². The van der Waals surface area contributed by atoms with Crippen molar-refractivity contribution in [2.75, 3.05) is 26.1 Å². The summed E-state index contributed by atoms with van der Waals surface area (Å²) in [5.41, 5.74) is 2.48. The monoisotopic (exact) mass is 468 g/mol. The summed E-state index contributed by atoms with van der Waals surface area (Å²) >= 11 is 0. The Morgan fingerprint density at radius 1 is 1.00 bits per heavy atom. The smallest absolute Gasteiger partial charge is 0.255 e. The molecule has 7 nitrogen and oxygen atoms in total. The van der Waals surface area contributed by atoms with E-state index in [1.54, 1.807) is 54.6 Å². The molecule has 3 rings (SSSR count). The Hall–Kier alpha value is -3.36. The number of methoxy groups -OCH3 is 1. The molecule has 0 radical (unpaired) electrons. The van der Waals surface area contributed by atoms with Gasteiger partial charge in [-0.2, -0.15) is 4.31 Å². The number of hydrogen-bond acceptors (Lipinski definition) is 5. The van der Waals surface area contributed by atoms with Crippen LogP contribution in [0.2, 0.25) is 0 Å². The van der Waals surface area contributed by atoms with Gasteiger partial charge in [0.05, 0.1) is 24.3 Å². The summed E-state index contributed by atoms with van der Waals surface area (Å²) in [4.78, 5) is 13.1. The van der Waals surface area contributed by atoms with Crippen molar-refractivity contribution in [3.8, 4) is 11.5 Å². The van der Waals surface area contributed by atoms with Gasteiger partial charge in [0.1, 0.15) is 11.5 Å². The maximum absolute atomic E-state index is 13.0. The van der Waals surface area contributed by atoms with Gasteiger partial charge in [-0.3, -0.25) is 4.79 Å². The second-order valence-corrected chi connectivity index (χ2v) is 9.53. The van der Waals surface area contributed by atoms with Crippen molar-refractivity contribution >= 4 is 21.6 Å². The normalized spacial score (nSPS) is 11.3. The van der Waals surface area contributed by atoms with E-state index < -0.39 is 10.0 Å². The summed E-state index contributed by atoms with van der Waals surface area (Å²) in [6.45, 7) is 4.28. The number of nitrogens with one attached hydrogen (secondary N) is 1. The molecule has 0 saturated heterocycles. The molecule has 0 atom stereocenters. The fraction of sp³-hybridized carbons (Fsp3) is 0.240. The van der Waals surface area contributed by atoms with E-state index >= 15 is 0 Å². The topological polar surface area (TPSA) is 84.9 Å². The number of carbonyl (C=O) groups is 1. The maximum atomic E-state index is 13.0. The molecule has 0 saturated carbocycles. The first kappa shape index (κ1) is 24.3. The molecule has 33 heavy (non-hydrogen) atoms. The van der Waals surface area contributed by atoms with Crippen LogP contribution in [0.15, 0.2) is 71.6 Å². The zero-order valence-corrected chi connectivity index (χ0v) is 20.0. The zero-order chi connectivity index (χ0) is 24.0. The number of hydrogen-bond donors (Lipinski definition) is 1. The van der Waals surface area contributed by atoms with Crippen LogP contribution in [0.25, 0.3) is 0 Å². The van der Waals surface area contributed by atoms with Crippen molar-refractivity contribution in [2.24, 2.45) is 0 Å². The van der Waals surface area contributed by atoms with Gasteiger partial charge in [-0.15, -0.1) is 0 Å².